The molecule has 2 aliphatic rings. The molecule has 6 nitrogen and oxygen atoms in total. The van der Waals surface area contributed by atoms with E-state index in [4.69, 9.17) is 13.9 Å². The number of amides is 1. The first-order chi connectivity index (χ1) is 24.7. The minimum atomic E-state index is -2.38. The number of nitrogens with zero attached hydrogens (tertiary/aromatic N) is 1. The second-order valence-electron chi connectivity index (χ2n) is 13.9. The molecule has 0 radical (unpaired) electrons. The largest absolute Gasteiger partial charge is 0.497 e. The van der Waals surface area contributed by atoms with Gasteiger partial charge in [-0.3, -0.25) is 4.79 Å². The average Bonchev–Trinajstić information content (AvgIpc) is 3.43. The van der Waals surface area contributed by atoms with Crippen molar-refractivity contribution in [3.8, 4) is 5.75 Å². The normalized spacial score (nSPS) is 19.4. The predicted octanol–water partition coefficient (Wildman–Crippen LogP) is 7.87. The van der Waals surface area contributed by atoms with Gasteiger partial charge in [-0.25, -0.2) is 4.79 Å². The molecule has 1 saturated heterocycles. The monoisotopic (exact) mass is 720 g/mol. The molecule has 0 unspecified atom stereocenters. The Labute approximate surface area is 305 Å². The maximum Gasteiger partial charge on any atom is 0.355 e. The molecule has 0 saturated carbocycles. The van der Waals surface area contributed by atoms with Gasteiger partial charge in [0.2, 0.25) is 5.91 Å². The van der Waals surface area contributed by atoms with Crippen molar-refractivity contribution >= 4 is 43.4 Å². The SMILES string of the molecule is CC[Si](CC)(CC)O[C@H](C)[C@H]1C(=O)N2C(C(=O)OCc3ccc(OC)cc3)=C(C[P+](c3ccccc3)(c3ccccc3)c3ccccc3)[C@H](C)[C@@H]12. The Morgan fingerprint density at radius 2 is 1.27 bits per heavy atom. The van der Waals surface area contributed by atoms with Crippen LogP contribution in [0.15, 0.2) is 127 Å². The Bertz CT molecular complexity index is 1720. The van der Waals surface area contributed by atoms with Crippen molar-refractivity contribution in [1.82, 2.24) is 4.90 Å². The number of carbonyl (C=O) groups excluding carboxylic acids is 2. The van der Waals surface area contributed by atoms with E-state index in [1.807, 2.05) is 24.3 Å². The topological polar surface area (TPSA) is 65.1 Å². The van der Waals surface area contributed by atoms with Gasteiger partial charge in [0.1, 0.15) is 41.2 Å². The minimum Gasteiger partial charge on any atom is -0.497 e. The van der Waals surface area contributed by atoms with Gasteiger partial charge in [0.05, 0.1) is 31.3 Å². The molecule has 2 heterocycles. The molecule has 0 N–H and O–H groups in total. The van der Waals surface area contributed by atoms with Crippen LogP contribution in [0.2, 0.25) is 18.1 Å². The highest BCUT2D eigenvalue weighted by Gasteiger charge is 2.63. The summed E-state index contributed by atoms with van der Waals surface area (Å²) in [7, 11) is -2.74. The Hall–Kier alpha value is -4.03. The fourth-order valence-corrected chi connectivity index (χ4v) is 15.6. The number of esters is 1. The summed E-state index contributed by atoms with van der Waals surface area (Å²) in [6.07, 6.45) is 0.375. The van der Waals surface area contributed by atoms with E-state index in [-0.39, 0.29) is 36.5 Å². The number of β-lactam (4-membered cyclic amide) rings is 1. The molecule has 1 fully saturated rings. The van der Waals surface area contributed by atoms with Crippen LogP contribution in [0.3, 0.4) is 0 Å². The first kappa shape index (κ1) is 36.7. The van der Waals surface area contributed by atoms with E-state index in [9.17, 15) is 9.59 Å². The van der Waals surface area contributed by atoms with Crippen molar-refractivity contribution in [3.63, 3.8) is 0 Å². The summed E-state index contributed by atoms with van der Waals surface area (Å²) in [5, 5.41) is 3.68. The number of hydrogen-bond donors (Lipinski definition) is 0. The van der Waals surface area contributed by atoms with Crippen LogP contribution < -0.4 is 20.7 Å². The molecular formula is C43H51NO5PSi+. The number of carbonyl (C=O) groups is 2. The van der Waals surface area contributed by atoms with Gasteiger partial charge in [-0.2, -0.15) is 0 Å². The van der Waals surface area contributed by atoms with Crippen LogP contribution in [0.25, 0.3) is 0 Å². The first-order valence-electron chi connectivity index (χ1n) is 18.3. The third-order valence-electron chi connectivity index (χ3n) is 11.4. The van der Waals surface area contributed by atoms with Crippen LogP contribution in [0.1, 0.15) is 40.2 Å². The molecule has 0 aromatic heterocycles. The lowest BCUT2D eigenvalue weighted by Crippen LogP contribution is -2.65. The maximum absolute atomic E-state index is 14.5. The number of benzene rings is 4. The Morgan fingerprint density at radius 1 is 0.784 bits per heavy atom. The number of methoxy groups -OCH3 is 1. The molecule has 266 valence electrons. The van der Waals surface area contributed by atoms with Crippen molar-refractivity contribution in [2.45, 2.75) is 71.5 Å². The third-order valence-corrected chi connectivity index (χ3v) is 20.5. The summed E-state index contributed by atoms with van der Waals surface area (Å²) in [5.74, 6) is -0.155. The Balaban J connectivity index is 1.46. The second-order valence-corrected chi connectivity index (χ2v) is 22.1. The maximum atomic E-state index is 14.5. The van der Waals surface area contributed by atoms with Crippen molar-refractivity contribution < 1.29 is 23.5 Å². The van der Waals surface area contributed by atoms with Crippen molar-refractivity contribution in [2.75, 3.05) is 13.3 Å². The van der Waals surface area contributed by atoms with Crippen LogP contribution in [0.5, 0.6) is 5.75 Å². The molecule has 51 heavy (non-hydrogen) atoms. The first-order valence-corrected chi connectivity index (χ1v) is 22.8. The summed E-state index contributed by atoms with van der Waals surface area (Å²) in [4.78, 5) is 30.6. The zero-order valence-corrected chi connectivity index (χ0v) is 32.6. The molecule has 1 amide bonds. The number of rotatable bonds is 15. The Kier molecular flexibility index (Phi) is 11.3. The third kappa shape index (κ3) is 6.84. The molecule has 0 spiro atoms. The predicted molar refractivity (Wildman–Crippen MR) is 211 cm³/mol. The second kappa shape index (κ2) is 15.7. The van der Waals surface area contributed by atoms with Crippen molar-refractivity contribution in [1.29, 1.82) is 0 Å². The van der Waals surface area contributed by atoms with E-state index < -0.39 is 21.5 Å². The quantitative estimate of drug-likeness (QED) is 0.0542. The van der Waals surface area contributed by atoms with E-state index in [1.165, 1.54) is 15.9 Å². The fraction of sp³-hybridized carbons (Fsp3) is 0.349. The lowest BCUT2D eigenvalue weighted by atomic mass is 9.78. The van der Waals surface area contributed by atoms with Crippen LogP contribution in [-0.4, -0.2) is 50.5 Å². The van der Waals surface area contributed by atoms with Gasteiger partial charge in [-0.05, 0) is 79.2 Å². The molecule has 2 aliphatic heterocycles. The smallest absolute Gasteiger partial charge is 0.355 e. The van der Waals surface area contributed by atoms with Gasteiger partial charge < -0.3 is 18.8 Å². The molecule has 4 atom stereocenters. The standard InChI is InChI=1S/C43H51NO5PSi/c1-7-51(8-2,9-3)49-32(5)39-40-31(4)38(41(44(40)42(39)45)43(46)48-29-33-25-27-34(47-6)28-26-33)30-50(35-19-13-10-14-20-35,36-21-15-11-16-22-36)37-23-17-12-18-24-37/h10-28,31-32,39-40H,7-9,29-30H2,1-6H3/q+1/t31-,32+,39+,40-/m0/s1. The summed E-state index contributed by atoms with van der Waals surface area (Å²) in [6.45, 7) is 11.0. The fourth-order valence-electron chi connectivity index (χ4n) is 8.26. The van der Waals surface area contributed by atoms with Crippen molar-refractivity contribution in [3.05, 3.63) is 132 Å². The molecular weight excluding hydrogens is 670 g/mol. The van der Waals surface area contributed by atoms with E-state index in [1.54, 1.807) is 12.0 Å². The zero-order chi connectivity index (χ0) is 36.2. The van der Waals surface area contributed by atoms with E-state index in [0.717, 1.165) is 35.0 Å². The molecule has 6 rings (SSSR count). The molecule has 0 bridgehead atoms. The molecule has 4 aromatic rings. The van der Waals surface area contributed by atoms with E-state index in [0.29, 0.717) is 11.9 Å². The van der Waals surface area contributed by atoms with E-state index >= 15 is 0 Å². The summed E-state index contributed by atoms with van der Waals surface area (Å²) < 4.78 is 18.3. The highest BCUT2D eigenvalue weighted by atomic mass is 31.2. The highest BCUT2D eigenvalue weighted by Crippen LogP contribution is 2.60. The molecule has 0 aliphatic carbocycles. The van der Waals surface area contributed by atoms with Crippen LogP contribution >= 0.6 is 7.26 Å². The van der Waals surface area contributed by atoms with Crippen molar-refractivity contribution in [2.24, 2.45) is 11.8 Å². The zero-order valence-electron chi connectivity index (χ0n) is 30.8. The van der Waals surface area contributed by atoms with Gasteiger partial charge in [0.25, 0.3) is 0 Å². The summed E-state index contributed by atoms with van der Waals surface area (Å²) in [6, 6.07) is 42.5. The van der Waals surface area contributed by atoms with Gasteiger partial charge >= 0.3 is 5.97 Å². The summed E-state index contributed by atoms with van der Waals surface area (Å²) in [5.41, 5.74) is 2.24. The van der Waals surface area contributed by atoms with Gasteiger partial charge in [-0.1, -0.05) is 94.4 Å². The molecule has 4 aromatic carbocycles. The number of hydrogen-bond acceptors (Lipinski definition) is 5. The lowest BCUT2D eigenvalue weighted by molar-refractivity contribution is -0.163. The number of fused-ring (bicyclic) bond motifs is 1. The van der Waals surface area contributed by atoms with Crippen LogP contribution in [-0.2, 0) is 25.4 Å². The highest BCUT2D eigenvalue weighted by molar-refractivity contribution is 7.95. The lowest BCUT2D eigenvalue weighted by Gasteiger charge is -2.49. The van der Waals surface area contributed by atoms with Gasteiger partial charge in [-0.15, -0.1) is 0 Å². The van der Waals surface area contributed by atoms with Gasteiger partial charge in [0, 0.05) is 11.5 Å². The van der Waals surface area contributed by atoms with Gasteiger partial charge in [0.15, 0.2) is 8.32 Å². The summed E-state index contributed by atoms with van der Waals surface area (Å²) >= 11 is 0. The molecule has 8 heteroatoms. The average molecular weight is 721 g/mol. The minimum absolute atomic E-state index is 0.0416. The van der Waals surface area contributed by atoms with Crippen LogP contribution in [0.4, 0.5) is 0 Å². The van der Waals surface area contributed by atoms with Crippen LogP contribution in [0, 0.1) is 11.8 Å². The number of ether oxygens (including phenoxy) is 2. The van der Waals surface area contributed by atoms with E-state index in [2.05, 4.69) is 126 Å². The Morgan fingerprint density at radius 3 is 1.73 bits per heavy atom.